The highest BCUT2D eigenvalue weighted by Gasteiger charge is 2.75. The largest absolute Gasteiger partial charge is 0.433 e. The summed E-state index contributed by atoms with van der Waals surface area (Å²) in [6, 6.07) is 0. The molecule has 23 heteroatoms. The molecular weight excluding hydrogens is 1000 g/mol. The van der Waals surface area contributed by atoms with Crippen LogP contribution in [0.3, 0.4) is 0 Å². The van der Waals surface area contributed by atoms with Gasteiger partial charge in [-0.1, -0.05) is 52.7 Å². The van der Waals surface area contributed by atoms with Crippen LogP contribution in [0.2, 0.25) is 0 Å². The maximum atomic E-state index is 12.7. The molecule has 2 spiro atoms. The van der Waals surface area contributed by atoms with Gasteiger partial charge in [-0.2, -0.15) is 0 Å². The summed E-state index contributed by atoms with van der Waals surface area (Å²) in [4.78, 5) is 12.7. The van der Waals surface area contributed by atoms with Crippen LogP contribution < -0.4 is 0 Å². The molecule has 0 aromatic rings. The Balaban J connectivity index is 0.830. The van der Waals surface area contributed by atoms with Crippen LogP contribution in [0, 0.1) is 39.4 Å². The van der Waals surface area contributed by atoms with E-state index in [1.165, 1.54) is 18.1 Å². The Morgan fingerprint density at radius 2 is 1.26 bits per heavy atom. The number of allylic oxidation sites excluding steroid dienone is 2. The van der Waals surface area contributed by atoms with Gasteiger partial charge in [0.05, 0.1) is 50.2 Å². The number of hydrogen-bond acceptors (Lipinski definition) is 23. The summed E-state index contributed by atoms with van der Waals surface area (Å²) in [5, 5.41) is 131. The molecule has 12 N–H and O–H groups in total. The van der Waals surface area contributed by atoms with Crippen LogP contribution in [0.25, 0.3) is 0 Å². The maximum absolute atomic E-state index is 12.7. The third-order valence-electron chi connectivity index (χ3n) is 21.1. The first-order chi connectivity index (χ1) is 35.7. The lowest BCUT2D eigenvalue weighted by molar-refractivity contribution is -0.390. The van der Waals surface area contributed by atoms with Crippen molar-refractivity contribution in [3.8, 4) is 0 Å². The van der Waals surface area contributed by atoms with E-state index < -0.39 is 159 Å². The lowest BCUT2D eigenvalue weighted by atomic mass is 9.42. The second-order valence-electron chi connectivity index (χ2n) is 25.2. The van der Waals surface area contributed by atoms with Crippen LogP contribution in [-0.4, -0.2) is 228 Å². The van der Waals surface area contributed by atoms with Crippen molar-refractivity contribution in [3.63, 3.8) is 0 Å². The van der Waals surface area contributed by atoms with E-state index in [1.807, 2.05) is 13.8 Å². The van der Waals surface area contributed by atoms with Gasteiger partial charge in [0, 0.05) is 23.7 Å². The zero-order valence-corrected chi connectivity index (χ0v) is 44.5. The van der Waals surface area contributed by atoms with E-state index in [0.717, 1.165) is 38.5 Å². The molecule has 8 fully saturated rings. The van der Waals surface area contributed by atoms with Crippen molar-refractivity contribution in [2.24, 2.45) is 39.4 Å². The molecule has 6 saturated heterocycles. The number of esters is 1. The molecule has 2 saturated carbocycles. The molecule has 6 heterocycles. The molecule has 76 heavy (non-hydrogen) atoms. The van der Waals surface area contributed by atoms with Crippen LogP contribution in [-0.2, 0) is 52.2 Å². The SMILES string of the molecule is C[C@@H]1C[C@]2(C[C@H](C)[C@@]3(CC[C@@]4(C)C5=C(CC[C@@]43C)[C@@]3(C)CC[C@H](O[C@H]4O[C@H](CO[C@H]6OC[C@H](O)[C@H](O)[C@H]6O[C@@H]6O[C@@H](CO)[C@H](O)[C@H](O)[C@@H]6O[C@H]6O[C@@H](C)[C@@H](O)[C@H](O)[C@@H]6O)[C@H](O)[C@@H](O)[C@@H]4O)[C@](C)(CO)[C@@H]3CC5)O2)OC1=O. The third-order valence-corrected chi connectivity index (χ3v) is 21.1. The number of aliphatic hydroxyl groups excluding tert-OH is 12. The molecule has 434 valence electrons. The van der Waals surface area contributed by atoms with Gasteiger partial charge in [-0.25, -0.2) is 0 Å². The summed E-state index contributed by atoms with van der Waals surface area (Å²) in [6.07, 6.45) is -24.6. The van der Waals surface area contributed by atoms with E-state index >= 15 is 0 Å². The fraction of sp³-hybridized carbons (Fsp3) is 0.943. The minimum atomic E-state index is -1.91. The predicted molar refractivity (Wildman–Crippen MR) is 256 cm³/mol. The average Bonchev–Trinajstić information content (AvgIpc) is 4.10. The first kappa shape index (κ1) is 57.6. The Hall–Kier alpha value is -1.63. The minimum absolute atomic E-state index is 0.0499. The molecule has 0 amide bonds. The van der Waals surface area contributed by atoms with Gasteiger partial charge in [-0.15, -0.1) is 0 Å². The molecule has 29 atom stereocenters. The van der Waals surface area contributed by atoms with Crippen LogP contribution in [0.5, 0.6) is 0 Å². The number of carbonyl (C=O) groups is 1. The first-order valence-electron chi connectivity index (χ1n) is 27.6. The van der Waals surface area contributed by atoms with Crippen molar-refractivity contribution in [2.75, 3.05) is 26.4 Å². The molecular formula is C53H84O23. The summed E-state index contributed by atoms with van der Waals surface area (Å²) in [5.74, 6) is -1.15. The summed E-state index contributed by atoms with van der Waals surface area (Å²) in [7, 11) is 0. The molecule has 10 rings (SSSR count). The van der Waals surface area contributed by atoms with Crippen molar-refractivity contribution in [1.29, 1.82) is 0 Å². The Bertz CT molecular complexity index is 2150. The average molecular weight is 1090 g/mol. The fourth-order valence-corrected chi connectivity index (χ4v) is 16.4. The topological polar surface area (TPSA) is 352 Å². The van der Waals surface area contributed by atoms with Crippen molar-refractivity contribution < 1.29 is 113 Å². The quantitative estimate of drug-likeness (QED) is 0.0827. The second-order valence-corrected chi connectivity index (χ2v) is 25.2. The highest BCUT2D eigenvalue weighted by molar-refractivity contribution is 5.74. The first-order valence-corrected chi connectivity index (χ1v) is 27.6. The zero-order chi connectivity index (χ0) is 55.0. The standard InChI is InChI=1S/C53H84O23/c1-22-16-52(75-43(22)66)17-23(2)53(76-52)15-14-50(6)26-8-9-30-48(4,25(26)10-13-51(50,53)7)12-11-31(49(30,5)21-55)72-45-40(65)37(62)35(60)29(71-45)20-68-46-41(33(58)27(56)19-67-46)74-47-42(38(63)34(59)28(18-54)70-47)73-44-39(64)36(61)32(57)24(3)69-44/h22-24,27-42,44-47,54-65H,8-21H2,1-7H3/t22-,23+,24+,27+,28+,29-,30-,31+,32-,33+,34+,35+,36+,37-,38+,39+,40+,41-,42+,44-,45-,46-,47+,48-,49-,50+,51+,52+,53-/m1/s1. The van der Waals surface area contributed by atoms with Gasteiger partial charge >= 0.3 is 5.97 Å². The maximum Gasteiger partial charge on any atom is 0.311 e. The van der Waals surface area contributed by atoms with E-state index in [2.05, 4.69) is 27.7 Å². The molecule has 6 aliphatic heterocycles. The van der Waals surface area contributed by atoms with Gasteiger partial charge in [0.25, 0.3) is 0 Å². The Labute approximate surface area is 442 Å². The number of hydrogen-bond donors (Lipinski definition) is 12. The highest BCUT2D eigenvalue weighted by Crippen LogP contribution is 2.76. The highest BCUT2D eigenvalue weighted by atomic mass is 16.8. The minimum Gasteiger partial charge on any atom is -0.433 e. The Kier molecular flexibility index (Phi) is 15.7. The van der Waals surface area contributed by atoms with Gasteiger partial charge in [0.2, 0.25) is 5.79 Å². The molecule has 23 nitrogen and oxygen atoms in total. The second kappa shape index (κ2) is 20.7. The predicted octanol–water partition coefficient (Wildman–Crippen LogP) is -1.51. The molecule has 4 aliphatic carbocycles. The van der Waals surface area contributed by atoms with Gasteiger partial charge in [-0.3, -0.25) is 4.79 Å². The van der Waals surface area contributed by atoms with E-state index in [0.29, 0.717) is 25.7 Å². The normalized spacial score (nSPS) is 56.4. The molecule has 10 aliphatic rings. The molecule has 0 aromatic carbocycles. The van der Waals surface area contributed by atoms with Crippen molar-refractivity contribution in [3.05, 3.63) is 11.1 Å². The molecule has 0 aromatic heterocycles. The smallest absolute Gasteiger partial charge is 0.311 e. The lowest BCUT2D eigenvalue weighted by Gasteiger charge is -2.63. The van der Waals surface area contributed by atoms with Gasteiger partial charge in [0.1, 0.15) is 85.5 Å². The number of aliphatic hydroxyl groups is 12. The van der Waals surface area contributed by atoms with Crippen LogP contribution >= 0.6 is 0 Å². The van der Waals surface area contributed by atoms with Gasteiger partial charge in [-0.05, 0) is 81.0 Å². The van der Waals surface area contributed by atoms with Crippen molar-refractivity contribution in [2.45, 2.75) is 247 Å². The third kappa shape index (κ3) is 8.83. The molecule has 0 bridgehead atoms. The molecule has 0 unspecified atom stereocenters. The van der Waals surface area contributed by atoms with Crippen molar-refractivity contribution >= 4 is 5.97 Å². The van der Waals surface area contributed by atoms with E-state index in [9.17, 15) is 66.1 Å². The van der Waals surface area contributed by atoms with Crippen LogP contribution in [0.4, 0.5) is 0 Å². The number of fused-ring (bicyclic) bond motifs is 5. The number of ether oxygens (including phenoxy) is 10. The van der Waals surface area contributed by atoms with Gasteiger partial charge < -0.3 is 109 Å². The van der Waals surface area contributed by atoms with Crippen LogP contribution in [0.1, 0.15) is 113 Å². The van der Waals surface area contributed by atoms with Crippen molar-refractivity contribution in [1.82, 2.24) is 0 Å². The summed E-state index contributed by atoms with van der Waals surface area (Å²) in [5.41, 5.74) is 0.919. The summed E-state index contributed by atoms with van der Waals surface area (Å²) < 4.78 is 61.0. The Morgan fingerprint density at radius 3 is 1.93 bits per heavy atom. The number of carbonyl (C=O) groups excluding carboxylic acids is 1. The van der Waals surface area contributed by atoms with E-state index in [1.54, 1.807) is 0 Å². The zero-order valence-electron chi connectivity index (χ0n) is 44.5. The summed E-state index contributed by atoms with van der Waals surface area (Å²) >= 11 is 0. The van der Waals surface area contributed by atoms with E-state index in [-0.39, 0.29) is 46.6 Å². The fourth-order valence-electron chi connectivity index (χ4n) is 16.4. The van der Waals surface area contributed by atoms with Gasteiger partial charge in [0.15, 0.2) is 25.2 Å². The lowest BCUT2D eigenvalue weighted by Crippen LogP contribution is -2.66. The monoisotopic (exact) mass is 1090 g/mol. The number of rotatable bonds is 11. The Morgan fingerprint density at radius 1 is 0.618 bits per heavy atom. The molecule has 0 radical (unpaired) electrons. The van der Waals surface area contributed by atoms with Crippen LogP contribution in [0.15, 0.2) is 11.1 Å². The van der Waals surface area contributed by atoms with E-state index in [4.69, 9.17) is 47.4 Å². The summed E-state index contributed by atoms with van der Waals surface area (Å²) in [6.45, 7) is 12.5.